The first-order valence-electron chi connectivity index (χ1n) is 14.9. The van der Waals surface area contributed by atoms with Crippen molar-refractivity contribution >= 4 is 17.5 Å². The summed E-state index contributed by atoms with van der Waals surface area (Å²) in [6.45, 7) is 12.0. The minimum atomic E-state index is -0.519. The number of carbonyl (C=O) groups excluding carboxylic acids is 2. The average molecular weight is 556 g/mol. The van der Waals surface area contributed by atoms with Crippen LogP contribution >= 0.6 is 0 Å². The van der Waals surface area contributed by atoms with Gasteiger partial charge in [0.2, 0.25) is 5.91 Å². The van der Waals surface area contributed by atoms with Crippen LogP contribution in [0.3, 0.4) is 0 Å². The first-order valence-corrected chi connectivity index (χ1v) is 14.9. The molecule has 1 N–H and O–H groups in total. The third kappa shape index (κ3) is 5.76. The molecular weight excluding hydrogens is 514 g/mol. The fraction of sp³-hybridized carbons (Fsp3) is 0.412. The molecule has 2 atom stereocenters. The van der Waals surface area contributed by atoms with Crippen molar-refractivity contribution < 1.29 is 19.1 Å². The van der Waals surface area contributed by atoms with Gasteiger partial charge in [0.1, 0.15) is 0 Å². The van der Waals surface area contributed by atoms with E-state index in [9.17, 15) is 9.59 Å². The van der Waals surface area contributed by atoms with Gasteiger partial charge in [0.05, 0.1) is 25.2 Å². The summed E-state index contributed by atoms with van der Waals surface area (Å²) in [6, 6.07) is 19.7. The van der Waals surface area contributed by atoms with Crippen molar-refractivity contribution in [2.45, 2.75) is 52.5 Å². The van der Waals surface area contributed by atoms with Gasteiger partial charge >= 0.3 is 0 Å². The Morgan fingerprint density at radius 3 is 2.46 bits per heavy atom. The van der Waals surface area contributed by atoms with Crippen LogP contribution in [0.1, 0.15) is 71.8 Å². The largest absolute Gasteiger partial charge is 0.490 e. The summed E-state index contributed by atoms with van der Waals surface area (Å²) in [5.41, 5.74) is 5.89. The third-order valence-electron chi connectivity index (χ3n) is 8.12. The van der Waals surface area contributed by atoms with Crippen LogP contribution in [-0.4, -0.2) is 56.1 Å². The zero-order valence-electron chi connectivity index (χ0n) is 24.6. The molecule has 3 aromatic carbocycles. The number of fused-ring (bicyclic) bond motifs is 4. The SMILES string of the molecule is CCOc1cc2c(cc1OCC)C1C(C(=O)NCCCN(CC)c3cccc(C)c3)c3ccccc3C(=O)N1CC2. The lowest BCUT2D eigenvalue weighted by atomic mass is 9.75. The van der Waals surface area contributed by atoms with E-state index in [2.05, 4.69) is 48.3 Å². The number of benzene rings is 3. The number of ether oxygens (including phenoxy) is 2. The summed E-state index contributed by atoms with van der Waals surface area (Å²) in [4.78, 5) is 31.9. The number of hydrogen-bond acceptors (Lipinski definition) is 5. The van der Waals surface area contributed by atoms with Gasteiger partial charge in [-0.15, -0.1) is 0 Å². The molecule has 2 aliphatic rings. The molecule has 3 aromatic rings. The van der Waals surface area contributed by atoms with E-state index in [1.54, 1.807) is 0 Å². The van der Waals surface area contributed by atoms with Crippen LogP contribution in [0, 0.1) is 6.92 Å². The number of nitrogens with one attached hydrogen (secondary N) is 1. The zero-order valence-corrected chi connectivity index (χ0v) is 24.6. The first kappa shape index (κ1) is 28.5. The second-order valence-corrected chi connectivity index (χ2v) is 10.7. The van der Waals surface area contributed by atoms with Gasteiger partial charge in [-0.25, -0.2) is 0 Å². The minimum absolute atomic E-state index is 0.0242. The Balaban J connectivity index is 1.41. The Bertz CT molecular complexity index is 1400. The molecule has 0 radical (unpaired) electrons. The molecule has 0 spiro atoms. The van der Waals surface area contributed by atoms with Gasteiger partial charge in [-0.1, -0.05) is 30.3 Å². The van der Waals surface area contributed by atoms with E-state index in [1.807, 2.05) is 55.1 Å². The molecule has 5 rings (SSSR count). The van der Waals surface area contributed by atoms with Gasteiger partial charge in [0, 0.05) is 37.4 Å². The summed E-state index contributed by atoms with van der Waals surface area (Å²) in [5.74, 6) is 0.756. The van der Waals surface area contributed by atoms with Crippen molar-refractivity contribution in [2.24, 2.45) is 0 Å². The van der Waals surface area contributed by atoms with Crippen molar-refractivity contribution in [1.29, 1.82) is 0 Å². The van der Waals surface area contributed by atoms with E-state index in [-0.39, 0.29) is 11.8 Å². The third-order valence-corrected chi connectivity index (χ3v) is 8.12. The van der Waals surface area contributed by atoms with Crippen LogP contribution in [0.15, 0.2) is 60.7 Å². The fourth-order valence-electron chi connectivity index (χ4n) is 6.24. The Kier molecular flexibility index (Phi) is 8.81. The number of rotatable bonds is 11. The predicted octanol–water partition coefficient (Wildman–Crippen LogP) is 5.66. The molecule has 0 bridgehead atoms. The molecule has 0 fully saturated rings. The van der Waals surface area contributed by atoms with Crippen molar-refractivity contribution in [3.05, 3.63) is 88.5 Å². The van der Waals surface area contributed by atoms with Crippen molar-refractivity contribution in [3.8, 4) is 11.5 Å². The van der Waals surface area contributed by atoms with E-state index in [0.717, 1.165) is 36.2 Å². The van der Waals surface area contributed by atoms with Gasteiger partial charge < -0.3 is 24.6 Å². The van der Waals surface area contributed by atoms with Crippen molar-refractivity contribution in [3.63, 3.8) is 0 Å². The Morgan fingerprint density at radius 1 is 0.976 bits per heavy atom. The second kappa shape index (κ2) is 12.7. The summed E-state index contributed by atoms with van der Waals surface area (Å²) in [7, 11) is 0. The monoisotopic (exact) mass is 555 g/mol. The highest BCUT2D eigenvalue weighted by molar-refractivity contribution is 6.01. The lowest BCUT2D eigenvalue weighted by Gasteiger charge is -2.45. The Hall–Kier alpha value is -4.00. The van der Waals surface area contributed by atoms with Crippen molar-refractivity contribution in [2.75, 3.05) is 44.3 Å². The highest BCUT2D eigenvalue weighted by Gasteiger charge is 2.46. The number of hydrogen-bond donors (Lipinski definition) is 1. The van der Waals surface area contributed by atoms with E-state index in [4.69, 9.17) is 9.47 Å². The summed E-state index contributed by atoms with van der Waals surface area (Å²) in [5, 5.41) is 3.23. The lowest BCUT2D eigenvalue weighted by molar-refractivity contribution is -0.124. The zero-order chi connectivity index (χ0) is 28.9. The maximum Gasteiger partial charge on any atom is 0.254 e. The quantitative estimate of drug-likeness (QED) is 0.309. The Morgan fingerprint density at radius 2 is 1.73 bits per heavy atom. The molecule has 216 valence electrons. The van der Waals surface area contributed by atoms with E-state index in [0.29, 0.717) is 49.8 Å². The number of anilines is 1. The van der Waals surface area contributed by atoms with Crippen LogP contribution in [0.4, 0.5) is 5.69 Å². The minimum Gasteiger partial charge on any atom is -0.490 e. The van der Waals surface area contributed by atoms with Gasteiger partial charge in [-0.05, 0) is 93.1 Å². The smallest absolute Gasteiger partial charge is 0.254 e. The highest BCUT2D eigenvalue weighted by Crippen LogP contribution is 2.48. The number of nitrogens with zero attached hydrogens (tertiary/aromatic N) is 2. The van der Waals surface area contributed by atoms with Gasteiger partial charge in [0.25, 0.3) is 5.91 Å². The van der Waals surface area contributed by atoms with Gasteiger partial charge in [-0.3, -0.25) is 9.59 Å². The second-order valence-electron chi connectivity index (χ2n) is 10.7. The molecule has 0 aromatic heterocycles. The molecule has 2 amide bonds. The van der Waals surface area contributed by atoms with Crippen LogP contribution in [-0.2, 0) is 11.2 Å². The van der Waals surface area contributed by atoms with Crippen molar-refractivity contribution in [1.82, 2.24) is 10.2 Å². The normalized spacial score (nSPS) is 17.3. The summed E-state index contributed by atoms with van der Waals surface area (Å²) >= 11 is 0. The summed E-state index contributed by atoms with van der Waals surface area (Å²) in [6.07, 6.45) is 1.52. The van der Waals surface area contributed by atoms with Gasteiger partial charge in [0.15, 0.2) is 11.5 Å². The van der Waals surface area contributed by atoms with Crippen LogP contribution in [0.25, 0.3) is 0 Å². The predicted molar refractivity (Wildman–Crippen MR) is 162 cm³/mol. The van der Waals surface area contributed by atoms with Crippen LogP contribution < -0.4 is 19.7 Å². The van der Waals surface area contributed by atoms with Crippen LogP contribution in [0.5, 0.6) is 11.5 Å². The molecular formula is C34H41N3O4. The standard InChI is InChI=1S/C34H41N3O4/c1-5-36(25-13-10-12-23(4)20-25)18-11-17-35-33(38)31-26-14-8-9-15-27(26)34(39)37-19-16-24-21-29(40-6-2)30(41-7-3)22-28(24)32(31)37/h8-10,12-15,20-22,31-32H,5-7,11,16-19H2,1-4H3,(H,35,38). The molecule has 0 saturated heterocycles. The lowest BCUT2D eigenvalue weighted by Crippen LogP contribution is -2.50. The topological polar surface area (TPSA) is 71.1 Å². The number of aryl methyl sites for hydroxylation is 1. The maximum absolute atomic E-state index is 14.0. The van der Waals surface area contributed by atoms with Crippen LogP contribution in [0.2, 0.25) is 0 Å². The highest BCUT2D eigenvalue weighted by atomic mass is 16.5. The fourth-order valence-corrected chi connectivity index (χ4v) is 6.24. The molecule has 2 heterocycles. The van der Waals surface area contributed by atoms with Gasteiger partial charge in [-0.2, -0.15) is 0 Å². The van der Waals surface area contributed by atoms with E-state index in [1.165, 1.54) is 11.3 Å². The number of carbonyl (C=O) groups is 2. The summed E-state index contributed by atoms with van der Waals surface area (Å²) < 4.78 is 11.8. The number of amides is 2. The average Bonchev–Trinajstić information content (AvgIpc) is 2.98. The molecule has 7 heteroatoms. The maximum atomic E-state index is 14.0. The molecule has 41 heavy (non-hydrogen) atoms. The molecule has 0 saturated carbocycles. The first-order chi connectivity index (χ1) is 20.0. The molecule has 2 unspecified atom stereocenters. The molecule has 2 aliphatic heterocycles. The molecule has 0 aliphatic carbocycles. The Labute approximate surface area is 243 Å². The van der Waals surface area contributed by atoms with E-state index >= 15 is 0 Å². The van der Waals surface area contributed by atoms with E-state index < -0.39 is 12.0 Å². The molecule has 7 nitrogen and oxygen atoms in total.